The van der Waals surface area contributed by atoms with E-state index in [1.807, 2.05) is 24.3 Å². The number of benzene rings is 1. The second-order valence-corrected chi connectivity index (χ2v) is 7.84. The Morgan fingerprint density at radius 1 is 1.14 bits per heavy atom. The maximum absolute atomic E-state index is 9.20. The summed E-state index contributed by atoms with van der Waals surface area (Å²) < 4.78 is 9.63. The first kappa shape index (κ1) is 18.1. The number of nitrogens with zero attached hydrogens (tertiary/aromatic N) is 6. The van der Waals surface area contributed by atoms with Crippen LogP contribution in [0.4, 0.5) is 0 Å². The molecule has 8 nitrogen and oxygen atoms in total. The summed E-state index contributed by atoms with van der Waals surface area (Å²) in [5.41, 5.74) is 5.58. The zero-order valence-corrected chi connectivity index (χ0v) is 17.0. The van der Waals surface area contributed by atoms with Crippen LogP contribution in [0.5, 0.6) is 0 Å². The van der Waals surface area contributed by atoms with Crippen LogP contribution in [0.15, 0.2) is 40.2 Å². The van der Waals surface area contributed by atoms with Crippen molar-refractivity contribution in [3.8, 4) is 0 Å². The van der Waals surface area contributed by atoms with Crippen molar-refractivity contribution in [2.45, 2.75) is 37.8 Å². The van der Waals surface area contributed by atoms with Gasteiger partial charge < -0.3 is 14.1 Å². The van der Waals surface area contributed by atoms with Gasteiger partial charge in [0.15, 0.2) is 17.1 Å². The Hall–Kier alpha value is -2.91. The normalized spacial score (nSPS) is 12.0. The predicted molar refractivity (Wildman–Crippen MR) is 111 cm³/mol. The highest BCUT2D eigenvalue weighted by Gasteiger charge is 2.18. The molecule has 9 heteroatoms. The third kappa shape index (κ3) is 3.06. The number of hydrogen-bond acceptors (Lipinski definition) is 7. The monoisotopic (exact) mass is 408 g/mol. The summed E-state index contributed by atoms with van der Waals surface area (Å²) in [6.07, 6.45) is 2.39. The number of aromatic nitrogens is 6. The lowest BCUT2D eigenvalue weighted by Gasteiger charge is -2.05. The van der Waals surface area contributed by atoms with Crippen LogP contribution < -0.4 is 0 Å². The molecule has 0 atom stereocenters. The second kappa shape index (κ2) is 7.16. The average Bonchev–Trinajstić information content (AvgIpc) is 3.40. The fourth-order valence-corrected chi connectivity index (χ4v) is 4.26. The number of rotatable bonds is 6. The quantitative estimate of drug-likeness (QED) is 0.430. The Bertz CT molecular complexity index is 1300. The van der Waals surface area contributed by atoms with E-state index in [1.165, 1.54) is 11.8 Å². The highest BCUT2D eigenvalue weighted by atomic mass is 32.2. The van der Waals surface area contributed by atoms with E-state index >= 15 is 0 Å². The van der Waals surface area contributed by atoms with Crippen LogP contribution in [-0.4, -0.2) is 40.8 Å². The molecule has 0 saturated heterocycles. The molecular formula is C20H20N6O2S. The molecule has 4 heterocycles. The summed E-state index contributed by atoms with van der Waals surface area (Å²) in [4.78, 5) is 13.9. The Balaban J connectivity index is 1.48. The van der Waals surface area contributed by atoms with Crippen molar-refractivity contribution in [2.24, 2.45) is 0 Å². The number of thioether (sulfide) groups is 1. The number of hydrogen-bond donors (Lipinski definition) is 1. The molecule has 29 heavy (non-hydrogen) atoms. The molecule has 0 spiro atoms. The van der Waals surface area contributed by atoms with Crippen molar-refractivity contribution in [3.05, 3.63) is 47.7 Å². The topological polar surface area (TPSA) is 94.3 Å². The second-order valence-electron chi connectivity index (χ2n) is 6.91. The summed E-state index contributed by atoms with van der Waals surface area (Å²) in [6.45, 7) is 5.04. The van der Waals surface area contributed by atoms with Gasteiger partial charge in [-0.3, -0.25) is 0 Å². The van der Waals surface area contributed by atoms with Crippen LogP contribution in [0.25, 0.3) is 27.8 Å². The number of aliphatic hydroxyl groups is 1. The van der Waals surface area contributed by atoms with Crippen LogP contribution in [0.1, 0.15) is 23.5 Å². The minimum absolute atomic E-state index is 0.155. The van der Waals surface area contributed by atoms with E-state index in [-0.39, 0.29) is 6.61 Å². The lowest BCUT2D eigenvalue weighted by Crippen LogP contribution is -2.03. The fourth-order valence-electron chi connectivity index (χ4n) is 3.58. The summed E-state index contributed by atoms with van der Waals surface area (Å²) in [5.74, 6) is 1.26. The molecule has 0 fully saturated rings. The van der Waals surface area contributed by atoms with E-state index in [2.05, 4.69) is 33.5 Å². The van der Waals surface area contributed by atoms with E-state index in [4.69, 9.17) is 9.40 Å². The van der Waals surface area contributed by atoms with E-state index < -0.39 is 0 Å². The van der Waals surface area contributed by atoms with Gasteiger partial charge in [-0.1, -0.05) is 23.9 Å². The van der Waals surface area contributed by atoms with Gasteiger partial charge in [0, 0.05) is 18.8 Å². The lowest BCUT2D eigenvalue weighted by atomic mass is 10.2. The van der Waals surface area contributed by atoms with E-state index in [0.29, 0.717) is 23.2 Å². The number of para-hydroxylation sites is 2. The van der Waals surface area contributed by atoms with E-state index in [1.54, 1.807) is 10.8 Å². The van der Waals surface area contributed by atoms with Gasteiger partial charge in [-0.25, -0.2) is 19.5 Å². The number of fused-ring (bicyclic) bond motifs is 4. The first-order chi connectivity index (χ1) is 14.2. The van der Waals surface area contributed by atoms with Gasteiger partial charge in [0.05, 0.1) is 11.1 Å². The molecule has 0 radical (unpaired) electrons. The predicted octanol–water partition coefficient (Wildman–Crippen LogP) is 3.51. The molecule has 148 valence electrons. The van der Waals surface area contributed by atoms with Crippen molar-refractivity contribution in [3.63, 3.8) is 0 Å². The molecule has 0 aliphatic heterocycles. The lowest BCUT2D eigenvalue weighted by molar-refractivity contribution is 0.280. The molecular weight excluding hydrogens is 388 g/mol. The largest absolute Gasteiger partial charge is 0.431 e. The molecule has 0 aliphatic rings. The van der Waals surface area contributed by atoms with Gasteiger partial charge in [-0.05, 0) is 38.0 Å². The molecule has 5 rings (SSSR count). The van der Waals surface area contributed by atoms with Crippen LogP contribution >= 0.6 is 11.8 Å². The van der Waals surface area contributed by atoms with Crippen molar-refractivity contribution in [1.29, 1.82) is 0 Å². The summed E-state index contributed by atoms with van der Waals surface area (Å²) in [7, 11) is 0. The summed E-state index contributed by atoms with van der Waals surface area (Å²) in [6, 6.07) is 7.71. The third-order valence-electron chi connectivity index (χ3n) is 5.13. The fraction of sp³-hybridized carbons (Fsp3) is 0.300. The SMILES string of the molecule is Cc1c(C)n(CCCO)c2ncn3nc(CSc4nc5ccccc5o4)nc3c12. The van der Waals surface area contributed by atoms with Crippen molar-refractivity contribution in [2.75, 3.05) is 6.61 Å². The third-order valence-corrected chi connectivity index (χ3v) is 5.95. The molecule has 4 aromatic heterocycles. The molecule has 0 unspecified atom stereocenters. The Kier molecular flexibility index (Phi) is 4.48. The molecule has 1 aromatic carbocycles. The molecule has 0 aliphatic carbocycles. The molecule has 0 bridgehead atoms. The van der Waals surface area contributed by atoms with E-state index in [0.717, 1.165) is 45.6 Å². The highest BCUT2D eigenvalue weighted by molar-refractivity contribution is 7.98. The van der Waals surface area contributed by atoms with Gasteiger partial charge in [-0.15, -0.1) is 5.10 Å². The first-order valence-corrected chi connectivity index (χ1v) is 10.4. The van der Waals surface area contributed by atoms with Crippen molar-refractivity contribution >= 4 is 39.5 Å². The summed E-state index contributed by atoms with van der Waals surface area (Å²) in [5, 5.41) is 15.4. The van der Waals surface area contributed by atoms with Gasteiger partial charge in [0.1, 0.15) is 17.5 Å². The van der Waals surface area contributed by atoms with Crippen LogP contribution in [-0.2, 0) is 12.3 Å². The van der Waals surface area contributed by atoms with Gasteiger partial charge >= 0.3 is 0 Å². The average molecular weight is 408 g/mol. The zero-order valence-electron chi connectivity index (χ0n) is 16.2. The van der Waals surface area contributed by atoms with Crippen LogP contribution in [0.2, 0.25) is 0 Å². The van der Waals surface area contributed by atoms with Crippen LogP contribution in [0, 0.1) is 13.8 Å². The standard InChI is InChI=1S/C20H20N6O2S/c1-12-13(2)25(8-5-9-27)18-17(12)19-23-16(24-26(19)11-21-18)10-29-20-22-14-6-3-4-7-15(14)28-20/h3-4,6-7,11,27H,5,8-10H2,1-2H3. The van der Waals surface area contributed by atoms with Gasteiger partial charge in [0.2, 0.25) is 0 Å². The highest BCUT2D eigenvalue weighted by Crippen LogP contribution is 2.29. The maximum Gasteiger partial charge on any atom is 0.257 e. The zero-order chi connectivity index (χ0) is 20.0. The molecule has 0 saturated carbocycles. The first-order valence-electron chi connectivity index (χ1n) is 9.44. The minimum atomic E-state index is 0.155. The number of aryl methyl sites for hydroxylation is 2. The molecule has 1 N–H and O–H groups in total. The Labute approximate surface area is 170 Å². The maximum atomic E-state index is 9.20. The van der Waals surface area contributed by atoms with E-state index in [9.17, 15) is 5.11 Å². The number of oxazole rings is 1. The van der Waals surface area contributed by atoms with Crippen molar-refractivity contribution < 1.29 is 9.52 Å². The van der Waals surface area contributed by atoms with Crippen LogP contribution in [0.3, 0.4) is 0 Å². The smallest absolute Gasteiger partial charge is 0.257 e. The molecule has 5 aromatic rings. The van der Waals surface area contributed by atoms with Gasteiger partial charge in [0.25, 0.3) is 5.22 Å². The Morgan fingerprint density at radius 3 is 2.83 bits per heavy atom. The minimum Gasteiger partial charge on any atom is -0.431 e. The summed E-state index contributed by atoms with van der Waals surface area (Å²) >= 11 is 1.47. The molecule has 0 amide bonds. The van der Waals surface area contributed by atoms with Gasteiger partial charge in [-0.2, -0.15) is 0 Å². The Morgan fingerprint density at radius 2 is 2.00 bits per heavy atom. The number of aliphatic hydroxyl groups excluding tert-OH is 1. The van der Waals surface area contributed by atoms with Crippen molar-refractivity contribution in [1.82, 2.24) is 29.1 Å².